The van der Waals surface area contributed by atoms with E-state index in [0.717, 1.165) is 12.1 Å². The van der Waals surface area contributed by atoms with E-state index in [1.54, 1.807) is 6.07 Å². The van der Waals surface area contributed by atoms with Gasteiger partial charge in [0.2, 0.25) is 0 Å². The molecule has 0 radical (unpaired) electrons. The van der Waals surface area contributed by atoms with Crippen LogP contribution in [0.25, 0.3) is 0 Å². The molecule has 0 heterocycles. The molecule has 146 valence electrons. The van der Waals surface area contributed by atoms with E-state index < -0.39 is 23.8 Å². The van der Waals surface area contributed by atoms with Crippen LogP contribution in [0.2, 0.25) is 5.02 Å². The minimum absolute atomic E-state index is 0.00929. The quantitative estimate of drug-likeness (QED) is 0.216. The van der Waals surface area contributed by atoms with Crippen LogP contribution < -0.4 is 10.8 Å². The second-order valence-corrected chi connectivity index (χ2v) is 6.97. The van der Waals surface area contributed by atoms with Crippen LogP contribution in [-0.2, 0) is 9.57 Å². The number of halogens is 4. The van der Waals surface area contributed by atoms with Crippen LogP contribution in [0.4, 0.5) is 20.2 Å². The normalized spacial score (nSPS) is 11.9. The molecule has 2 aromatic carbocycles. The molecule has 0 saturated carbocycles. The minimum atomic E-state index is -1.02. The molecule has 27 heavy (non-hydrogen) atoms. The van der Waals surface area contributed by atoms with Gasteiger partial charge in [-0.2, -0.15) is 0 Å². The number of ether oxygens (including phenoxy) is 1. The third kappa shape index (κ3) is 6.25. The van der Waals surface area contributed by atoms with Crippen LogP contribution in [0.5, 0.6) is 0 Å². The van der Waals surface area contributed by atoms with Crippen LogP contribution in [0.3, 0.4) is 0 Å². The summed E-state index contributed by atoms with van der Waals surface area (Å²) in [5.41, 5.74) is 2.18. The summed E-state index contributed by atoms with van der Waals surface area (Å²) in [6.07, 6.45) is -0.900. The van der Waals surface area contributed by atoms with Crippen molar-refractivity contribution in [1.82, 2.24) is 5.48 Å². The fourth-order valence-electron chi connectivity index (χ4n) is 2.02. The van der Waals surface area contributed by atoms with Gasteiger partial charge in [-0.05, 0) is 52.9 Å². The predicted molar refractivity (Wildman–Crippen MR) is 105 cm³/mol. The maximum atomic E-state index is 14.1. The number of hydrogen-bond donors (Lipinski definition) is 3. The largest absolute Gasteiger partial charge is 0.368 e. The minimum Gasteiger partial charge on any atom is -0.368 e. The monoisotopic (exact) mass is 512 g/mol. The van der Waals surface area contributed by atoms with Crippen molar-refractivity contribution in [3.05, 3.63) is 56.1 Å². The van der Waals surface area contributed by atoms with Crippen molar-refractivity contribution in [3.63, 3.8) is 0 Å². The number of carbonyl (C=O) groups excluding carboxylic acids is 1. The van der Waals surface area contributed by atoms with Crippen LogP contribution in [0, 0.1) is 15.2 Å². The SMILES string of the molecule is COC(O)CCONC(=O)c1cc(Cl)c(F)cc1Nc1ccc(I)cc1F. The van der Waals surface area contributed by atoms with E-state index >= 15 is 0 Å². The van der Waals surface area contributed by atoms with Gasteiger partial charge < -0.3 is 15.2 Å². The van der Waals surface area contributed by atoms with E-state index in [4.69, 9.17) is 16.4 Å². The molecule has 2 rings (SSSR count). The van der Waals surface area contributed by atoms with E-state index in [9.17, 15) is 18.7 Å². The summed E-state index contributed by atoms with van der Waals surface area (Å²) in [4.78, 5) is 17.3. The zero-order valence-electron chi connectivity index (χ0n) is 14.1. The number of methoxy groups -OCH3 is 1. The summed E-state index contributed by atoms with van der Waals surface area (Å²) in [5.74, 6) is -2.06. The highest BCUT2D eigenvalue weighted by Crippen LogP contribution is 2.28. The Labute approximate surface area is 172 Å². The summed E-state index contributed by atoms with van der Waals surface area (Å²) in [6.45, 7) is -0.0236. The summed E-state index contributed by atoms with van der Waals surface area (Å²) in [5, 5.41) is 11.6. The van der Waals surface area contributed by atoms with Crippen molar-refractivity contribution in [3.8, 4) is 0 Å². The molecule has 0 saturated heterocycles. The molecule has 1 unspecified atom stereocenters. The highest BCUT2D eigenvalue weighted by atomic mass is 127. The fraction of sp³-hybridized carbons (Fsp3) is 0.235. The van der Waals surface area contributed by atoms with Gasteiger partial charge in [-0.3, -0.25) is 9.63 Å². The van der Waals surface area contributed by atoms with Crippen molar-refractivity contribution in [2.45, 2.75) is 12.7 Å². The van der Waals surface area contributed by atoms with Gasteiger partial charge in [0.25, 0.3) is 5.91 Å². The van der Waals surface area contributed by atoms with Gasteiger partial charge in [0.1, 0.15) is 11.6 Å². The lowest BCUT2D eigenvalue weighted by Gasteiger charge is -2.14. The summed E-state index contributed by atoms with van der Waals surface area (Å²) >= 11 is 7.71. The average Bonchev–Trinajstić information content (AvgIpc) is 2.63. The fourth-order valence-corrected chi connectivity index (χ4v) is 2.64. The molecule has 3 N–H and O–H groups in total. The Hall–Kier alpha value is -1.53. The first-order chi connectivity index (χ1) is 12.8. The zero-order valence-corrected chi connectivity index (χ0v) is 17.0. The second-order valence-electron chi connectivity index (χ2n) is 5.32. The highest BCUT2D eigenvalue weighted by Gasteiger charge is 2.17. The smallest absolute Gasteiger partial charge is 0.277 e. The van der Waals surface area contributed by atoms with Crippen LogP contribution in [0.15, 0.2) is 30.3 Å². The molecular formula is C17H16ClF2IN2O4. The Morgan fingerprint density at radius 2 is 2.00 bits per heavy atom. The lowest BCUT2D eigenvalue weighted by Crippen LogP contribution is -2.26. The number of hydroxylamine groups is 1. The molecule has 0 aliphatic rings. The van der Waals surface area contributed by atoms with Crippen molar-refractivity contribution in [2.75, 3.05) is 19.0 Å². The molecule has 2 aromatic rings. The van der Waals surface area contributed by atoms with E-state index in [1.165, 1.54) is 19.2 Å². The summed E-state index contributed by atoms with van der Waals surface area (Å²) < 4.78 is 33.2. The Kier molecular flexibility index (Phi) is 8.17. The highest BCUT2D eigenvalue weighted by molar-refractivity contribution is 14.1. The first-order valence-corrected chi connectivity index (χ1v) is 9.11. The summed E-state index contributed by atoms with van der Waals surface area (Å²) in [7, 11) is 1.32. The maximum absolute atomic E-state index is 14.1. The molecule has 0 aliphatic carbocycles. The van der Waals surface area contributed by atoms with E-state index in [2.05, 4.69) is 15.5 Å². The van der Waals surface area contributed by atoms with E-state index in [-0.39, 0.29) is 35.0 Å². The maximum Gasteiger partial charge on any atom is 0.277 e. The molecule has 0 aliphatic heterocycles. The van der Waals surface area contributed by atoms with Gasteiger partial charge in [-0.25, -0.2) is 14.3 Å². The Morgan fingerprint density at radius 3 is 2.67 bits per heavy atom. The third-order valence-corrected chi connectivity index (χ3v) is 4.37. The lowest BCUT2D eigenvalue weighted by atomic mass is 10.1. The second kappa shape index (κ2) is 10.1. The molecule has 6 nitrogen and oxygen atoms in total. The molecule has 1 amide bonds. The van der Waals surface area contributed by atoms with Crippen LogP contribution in [0.1, 0.15) is 16.8 Å². The number of rotatable bonds is 8. The van der Waals surface area contributed by atoms with Crippen molar-refractivity contribution < 1.29 is 28.3 Å². The van der Waals surface area contributed by atoms with Crippen molar-refractivity contribution >= 4 is 51.5 Å². The van der Waals surface area contributed by atoms with Gasteiger partial charge in [0.05, 0.1) is 28.6 Å². The molecule has 0 fully saturated rings. The van der Waals surface area contributed by atoms with Gasteiger partial charge in [0.15, 0.2) is 6.29 Å². The molecular weight excluding hydrogens is 497 g/mol. The topological polar surface area (TPSA) is 79.8 Å². The van der Waals surface area contributed by atoms with Crippen LogP contribution >= 0.6 is 34.2 Å². The zero-order chi connectivity index (χ0) is 20.0. The number of benzene rings is 2. The van der Waals surface area contributed by atoms with E-state index in [0.29, 0.717) is 3.57 Å². The Bertz CT molecular complexity index is 826. The molecule has 0 bridgehead atoms. The number of carbonyl (C=O) groups is 1. The van der Waals surface area contributed by atoms with Crippen molar-refractivity contribution in [1.29, 1.82) is 0 Å². The summed E-state index contributed by atoms with van der Waals surface area (Å²) in [6, 6.07) is 6.51. The molecule has 1 atom stereocenters. The van der Waals surface area contributed by atoms with E-state index in [1.807, 2.05) is 22.6 Å². The number of amides is 1. The van der Waals surface area contributed by atoms with Gasteiger partial charge in [-0.1, -0.05) is 11.6 Å². The van der Waals surface area contributed by atoms with Gasteiger partial charge >= 0.3 is 0 Å². The first kappa shape index (κ1) is 21.8. The molecule has 10 heteroatoms. The number of hydrogen-bond acceptors (Lipinski definition) is 5. The predicted octanol–water partition coefficient (Wildman–Crippen LogP) is 3.98. The molecule has 0 aromatic heterocycles. The average molecular weight is 513 g/mol. The first-order valence-electron chi connectivity index (χ1n) is 7.66. The van der Waals surface area contributed by atoms with Gasteiger partial charge in [-0.15, -0.1) is 0 Å². The van der Waals surface area contributed by atoms with Gasteiger partial charge in [0, 0.05) is 17.1 Å². The Morgan fingerprint density at radius 1 is 1.26 bits per heavy atom. The number of aliphatic hydroxyl groups excluding tert-OH is 1. The molecule has 0 spiro atoms. The number of anilines is 2. The van der Waals surface area contributed by atoms with Crippen molar-refractivity contribution in [2.24, 2.45) is 0 Å². The Balaban J connectivity index is 2.17. The lowest BCUT2D eigenvalue weighted by molar-refractivity contribution is -0.0955. The standard InChI is InChI=1S/C17H16ClF2IN2O4/c1-26-16(24)4-5-27-23-17(25)10-7-11(18)12(19)8-15(10)22-14-3-2-9(21)6-13(14)20/h2-3,6-8,16,22,24H,4-5H2,1H3,(H,23,25). The van der Waals surface area contributed by atoms with Crippen LogP contribution in [-0.4, -0.2) is 31.0 Å². The third-order valence-electron chi connectivity index (χ3n) is 3.41. The number of nitrogens with one attached hydrogen (secondary N) is 2. The number of aliphatic hydroxyl groups is 1.